The molecule has 11 nitrogen and oxygen atoms in total. The van der Waals surface area contributed by atoms with E-state index < -0.39 is 49.5 Å². The lowest BCUT2D eigenvalue weighted by atomic mass is 9.99. The Balaban J connectivity index is 2.14. The molecule has 7 atom stereocenters. The van der Waals surface area contributed by atoms with Gasteiger partial charge in [0.05, 0.1) is 32.0 Å². The Hall–Kier alpha value is -2.12. The van der Waals surface area contributed by atoms with Crippen molar-refractivity contribution in [2.24, 2.45) is 0 Å². The molecule has 1 aliphatic heterocycles. The van der Waals surface area contributed by atoms with Crippen molar-refractivity contribution in [3.63, 3.8) is 0 Å². The summed E-state index contributed by atoms with van der Waals surface area (Å²) in [5.41, 5.74) is 0. The van der Waals surface area contributed by atoms with E-state index in [2.05, 4.69) is 43.5 Å². The van der Waals surface area contributed by atoms with Gasteiger partial charge in [-0.1, -0.05) is 224 Å². The summed E-state index contributed by atoms with van der Waals surface area (Å²) in [5, 5.41) is 54.4. The van der Waals surface area contributed by atoms with Crippen LogP contribution in [0.1, 0.15) is 277 Å². The van der Waals surface area contributed by atoms with Gasteiger partial charge in [-0.2, -0.15) is 0 Å². The molecule has 72 heavy (non-hydrogen) atoms. The van der Waals surface area contributed by atoms with Gasteiger partial charge in [-0.15, -0.1) is 0 Å². The number of aliphatic hydroxyl groups is 5. The maximum atomic E-state index is 13.0. The molecule has 0 aromatic heterocycles. The molecule has 0 saturated carbocycles. The Morgan fingerprint density at radius 3 is 1.38 bits per heavy atom. The summed E-state index contributed by atoms with van der Waals surface area (Å²) in [4.78, 5) is 25.1. The van der Waals surface area contributed by atoms with Gasteiger partial charge in [0.1, 0.15) is 24.4 Å². The third kappa shape index (κ3) is 40.2. The van der Waals surface area contributed by atoms with Crippen molar-refractivity contribution < 1.29 is 49.3 Å². The number of hydrogen-bond acceptors (Lipinski definition) is 10. The van der Waals surface area contributed by atoms with Gasteiger partial charge in [-0.25, -0.2) is 0 Å². The number of unbranched alkanes of at least 4 members (excludes halogenated alkanes) is 34. The molecule has 1 fully saturated rings. The van der Waals surface area contributed by atoms with Crippen LogP contribution in [-0.4, -0.2) is 100 Å². The molecule has 422 valence electrons. The summed E-state index contributed by atoms with van der Waals surface area (Å²) < 4.78 is 16.7. The number of aliphatic hydroxyl groups excluding tert-OH is 5. The van der Waals surface area contributed by atoms with E-state index in [-0.39, 0.29) is 18.5 Å². The van der Waals surface area contributed by atoms with Crippen LogP contribution in [0.5, 0.6) is 0 Å². The van der Waals surface area contributed by atoms with Crippen LogP contribution in [0.15, 0.2) is 36.5 Å². The summed E-state index contributed by atoms with van der Waals surface area (Å²) in [5.74, 6) is -0.219. The number of allylic oxidation sites excluding steroid dienone is 5. The zero-order valence-electron chi connectivity index (χ0n) is 46.4. The first-order chi connectivity index (χ1) is 35.2. The smallest absolute Gasteiger partial charge is 0.305 e. The van der Waals surface area contributed by atoms with Gasteiger partial charge in [-0.3, -0.25) is 9.59 Å². The van der Waals surface area contributed by atoms with E-state index in [9.17, 15) is 35.1 Å². The molecule has 7 unspecified atom stereocenters. The fraction of sp³-hybridized carbons (Fsp3) is 0.869. The van der Waals surface area contributed by atoms with Crippen LogP contribution >= 0.6 is 0 Å². The quantitative estimate of drug-likeness (QED) is 0.0195. The molecular weight excluding hydrogens is 907 g/mol. The highest BCUT2D eigenvalue weighted by Gasteiger charge is 2.44. The lowest BCUT2D eigenvalue weighted by Gasteiger charge is -2.40. The van der Waals surface area contributed by atoms with Crippen molar-refractivity contribution in [1.82, 2.24) is 5.32 Å². The molecule has 11 heteroatoms. The largest absolute Gasteiger partial charge is 0.466 e. The number of carbonyl (C=O) groups is 2. The lowest BCUT2D eigenvalue weighted by molar-refractivity contribution is -0.302. The van der Waals surface area contributed by atoms with E-state index in [1.165, 1.54) is 161 Å². The Morgan fingerprint density at radius 2 is 0.903 bits per heavy atom. The molecule has 1 amide bonds. The minimum Gasteiger partial charge on any atom is -0.466 e. The van der Waals surface area contributed by atoms with Crippen LogP contribution in [0.4, 0.5) is 0 Å². The second-order valence-corrected chi connectivity index (χ2v) is 21.0. The molecule has 0 aliphatic carbocycles. The first-order valence-electron chi connectivity index (χ1n) is 30.3. The van der Waals surface area contributed by atoms with Crippen molar-refractivity contribution in [1.29, 1.82) is 0 Å². The topological polar surface area (TPSA) is 175 Å². The first-order valence-corrected chi connectivity index (χ1v) is 30.3. The summed E-state index contributed by atoms with van der Waals surface area (Å²) in [6.45, 7) is 4.29. The molecule has 0 aromatic carbocycles. The number of ether oxygens (including phenoxy) is 3. The third-order valence-corrected chi connectivity index (χ3v) is 14.2. The summed E-state index contributed by atoms with van der Waals surface area (Å²) in [6.07, 6.45) is 52.2. The third-order valence-electron chi connectivity index (χ3n) is 14.2. The van der Waals surface area contributed by atoms with Crippen LogP contribution in [0.2, 0.25) is 0 Å². The van der Waals surface area contributed by atoms with Gasteiger partial charge in [0, 0.05) is 12.8 Å². The molecule has 0 radical (unpaired) electrons. The van der Waals surface area contributed by atoms with E-state index >= 15 is 0 Å². The fourth-order valence-electron chi connectivity index (χ4n) is 9.35. The fourth-order valence-corrected chi connectivity index (χ4v) is 9.35. The van der Waals surface area contributed by atoms with Gasteiger partial charge in [-0.05, 0) is 77.0 Å². The molecule has 1 aliphatic rings. The number of carbonyl (C=O) groups excluding carboxylic acids is 2. The Kier molecular flexibility index (Phi) is 48.1. The van der Waals surface area contributed by atoms with Gasteiger partial charge < -0.3 is 45.1 Å². The normalized spacial score (nSPS) is 19.2. The van der Waals surface area contributed by atoms with Gasteiger partial charge >= 0.3 is 5.97 Å². The zero-order valence-corrected chi connectivity index (χ0v) is 46.4. The highest BCUT2D eigenvalue weighted by Crippen LogP contribution is 2.23. The van der Waals surface area contributed by atoms with Gasteiger partial charge in [0.25, 0.3) is 0 Å². The molecule has 0 aromatic rings. The highest BCUT2D eigenvalue weighted by molar-refractivity contribution is 5.76. The molecule has 6 N–H and O–H groups in total. The maximum absolute atomic E-state index is 13.0. The summed E-state index contributed by atoms with van der Waals surface area (Å²) >= 11 is 0. The van der Waals surface area contributed by atoms with Crippen molar-refractivity contribution in [3.8, 4) is 0 Å². The lowest BCUT2D eigenvalue weighted by Crippen LogP contribution is -2.60. The second-order valence-electron chi connectivity index (χ2n) is 21.0. The molecule has 0 bridgehead atoms. The second kappa shape index (κ2) is 51.0. The predicted octanol–water partition coefficient (Wildman–Crippen LogP) is 13.9. The minimum atomic E-state index is -1.58. The number of amides is 1. The summed E-state index contributed by atoms with van der Waals surface area (Å²) in [6, 6.07) is -0.821. The van der Waals surface area contributed by atoms with Crippen molar-refractivity contribution in [2.45, 2.75) is 320 Å². The molecule has 1 saturated heterocycles. The van der Waals surface area contributed by atoms with Crippen molar-refractivity contribution >= 4 is 11.9 Å². The van der Waals surface area contributed by atoms with Crippen LogP contribution in [0, 0.1) is 0 Å². The van der Waals surface area contributed by atoms with Crippen molar-refractivity contribution in [2.75, 3.05) is 19.8 Å². The van der Waals surface area contributed by atoms with E-state index in [0.717, 1.165) is 89.9 Å². The van der Waals surface area contributed by atoms with E-state index in [1.54, 1.807) is 6.08 Å². The summed E-state index contributed by atoms with van der Waals surface area (Å²) in [7, 11) is 0. The predicted molar refractivity (Wildman–Crippen MR) is 297 cm³/mol. The van der Waals surface area contributed by atoms with Gasteiger partial charge in [0.2, 0.25) is 5.91 Å². The van der Waals surface area contributed by atoms with Crippen LogP contribution < -0.4 is 5.32 Å². The number of nitrogens with one attached hydrogen (secondary N) is 1. The highest BCUT2D eigenvalue weighted by atomic mass is 16.7. The molecule has 0 spiro atoms. The number of rotatable bonds is 52. The standard InChI is InChI=1S/C61H113NO10/c1-3-5-7-9-11-13-15-16-21-24-28-31-35-39-43-47-54(64)53(52-71-61-60(69)59(68)58(67)55(51-63)72-61)62-56(65)48-44-40-36-32-29-25-22-19-17-18-20-23-26-30-34-38-42-46-50-70-57(66)49-45-41-37-33-27-14-12-10-8-6-4-2/h10,12,19,22,43,47,53-55,58-61,63-64,67-69H,3-9,11,13-18,20-21,23-42,44-46,48-52H2,1-2H3,(H,62,65)/b12-10-,22-19-,47-43+. The van der Waals surface area contributed by atoms with E-state index in [1.807, 2.05) is 6.08 Å². The monoisotopic (exact) mass is 1020 g/mol. The minimum absolute atomic E-state index is 0.0240. The molecular formula is C61H113NO10. The van der Waals surface area contributed by atoms with Crippen LogP contribution in [0.3, 0.4) is 0 Å². The van der Waals surface area contributed by atoms with E-state index in [4.69, 9.17) is 14.2 Å². The average Bonchev–Trinajstić information content (AvgIpc) is 3.38. The van der Waals surface area contributed by atoms with E-state index in [0.29, 0.717) is 19.4 Å². The van der Waals surface area contributed by atoms with Crippen LogP contribution in [0.25, 0.3) is 0 Å². The van der Waals surface area contributed by atoms with Crippen LogP contribution in [-0.2, 0) is 23.8 Å². The molecule has 1 heterocycles. The number of esters is 1. The Bertz CT molecular complexity index is 1290. The Labute approximate surface area is 441 Å². The maximum Gasteiger partial charge on any atom is 0.305 e. The van der Waals surface area contributed by atoms with Crippen molar-refractivity contribution in [3.05, 3.63) is 36.5 Å². The molecule has 1 rings (SSSR count). The first kappa shape index (κ1) is 67.9. The zero-order chi connectivity index (χ0) is 52.4. The SMILES string of the molecule is CCCC/C=C\CCCCCCCC(=O)OCCCCCCCCCCC/C=C\CCCCCCCC(=O)NC(COC1OC(CO)C(O)C(O)C1O)C(O)/C=C/CCCCCCCCCCCCCCC. The average molecular weight is 1020 g/mol. The van der Waals surface area contributed by atoms with Gasteiger partial charge in [0.15, 0.2) is 6.29 Å². The Morgan fingerprint density at radius 1 is 0.500 bits per heavy atom. The number of hydrogen-bond donors (Lipinski definition) is 6.